The van der Waals surface area contributed by atoms with Gasteiger partial charge in [0.05, 0.1) is 6.61 Å². The summed E-state index contributed by atoms with van der Waals surface area (Å²) in [7, 11) is 0. The molecule has 1 aliphatic carbocycles. The molecule has 4 heteroatoms. The van der Waals surface area contributed by atoms with E-state index in [1.807, 2.05) is 6.07 Å². The minimum Gasteiger partial charge on any atom is -0.478 e. The molecule has 20 heavy (non-hydrogen) atoms. The Labute approximate surface area is 122 Å². The van der Waals surface area contributed by atoms with Gasteiger partial charge in [-0.2, -0.15) is 4.98 Å². The molecule has 0 saturated heterocycles. The van der Waals surface area contributed by atoms with Gasteiger partial charge in [-0.3, -0.25) is 0 Å². The molecule has 0 aromatic carbocycles. The number of ether oxygens (including phenoxy) is 1. The first-order chi connectivity index (χ1) is 9.78. The molecule has 0 bridgehead atoms. The van der Waals surface area contributed by atoms with Crippen LogP contribution in [0.1, 0.15) is 52.4 Å². The predicted octanol–water partition coefficient (Wildman–Crippen LogP) is 3.89. The van der Waals surface area contributed by atoms with Crippen molar-refractivity contribution in [3.05, 3.63) is 12.3 Å². The molecule has 1 heterocycles. The van der Waals surface area contributed by atoms with Crippen molar-refractivity contribution in [1.29, 1.82) is 0 Å². The van der Waals surface area contributed by atoms with Gasteiger partial charge in [-0.25, -0.2) is 4.98 Å². The number of rotatable bonds is 7. The summed E-state index contributed by atoms with van der Waals surface area (Å²) in [5.74, 6) is 3.15. The Kier molecular flexibility index (Phi) is 6.09. The van der Waals surface area contributed by atoms with Crippen LogP contribution in [-0.4, -0.2) is 23.1 Å². The lowest BCUT2D eigenvalue weighted by Crippen LogP contribution is -2.16. The fraction of sp³-hybridized carbons (Fsp3) is 0.750. The van der Waals surface area contributed by atoms with Crippen LogP contribution in [0.2, 0.25) is 0 Å². The van der Waals surface area contributed by atoms with Crippen molar-refractivity contribution in [3.63, 3.8) is 0 Å². The summed E-state index contributed by atoms with van der Waals surface area (Å²) < 4.78 is 5.51. The van der Waals surface area contributed by atoms with E-state index in [4.69, 9.17) is 4.74 Å². The van der Waals surface area contributed by atoms with E-state index >= 15 is 0 Å². The number of anilines is 1. The molecule has 0 spiro atoms. The van der Waals surface area contributed by atoms with Crippen molar-refractivity contribution in [1.82, 2.24) is 9.97 Å². The zero-order chi connectivity index (χ0) is 14.2. The highest BCUT2D eigenvalue weighted by molar-refractivity contribution is 5.27. The van der Waals surface area contributed by atoms with Crippen molar-refractivity contribution < 1.29 is 4.74 Å². The number of hydrogen-bond donors (Lipinski definition) is 1. The summed E-state index contributed by atoms with van der Waals surface area (Å²) >= 11 is 0. The molecule has 0 radical (unpaired) electrons. The lowest BCUT2D eigenvalue weighted by Gasteiger charge is -2.26. The number of aromatic nitrogens is 2. The van der Waals surface area contributed by atoms with Crippen LogP contribution in [-0.2, 0) is 0 Å². The molecule has 0 atom stereocenters. The molecular weight excluding hydrogens is 250 g/mol. The number of hydrogen-bond acceptors (Lipinski definition) is 4. The fourth-order valence-corrected chi connectivity index (χ4v) is 2.72. The Hall–Kier alpha value is -1.32. The van der Waals surface area contributed by atoms with Gasteiger partial charge in [0.15, 0.2) is 0 Å². The van der Waals surface area contributed by atoms with Crippen molar-refractivity contribution in [2.24, 2.45) is 11.8 Å². The summed E-state index contributed by atoms with van der Waals surface area (Å²) in [6.07, 6.45) is 9.50. The van der Waals surface area contributed by atoms with Crippen LogP contribution >= 0.6 is 0 Å². The van der Waals surface area contributed by atoms with Gasteiger partial charge in [-0.15, -0.1) is 0 Å². The van der Waals surface area contributed by atoms with E-state index in [2.05, 4.69) is 29.1 Å². The van der Waals surface area contributed by atoms with Crippen molar-refractivity contribution in [2.75, 3.05) is 18.5 Å². The van der Waals surface area contributed by atoms with E-state index in [0.717, 1.165) is 24.8 Å². The average molecular weight is 277 g/mol. The van der Waals surface area contributed by atoms with E-state index in [9.17, 15) is 0 Å². The van der Waals surface area contributed by atoms with Gasteiger partial charge in [0.25, 0.3) is 0 Å². The highest BCUT2D eigenvalue weighted by atomic mass is 16.5. The molecule has 1 aromatic rings. The van der Waals surface area contributed by atoms with Gasteiger partial charge in [0, 0.05) is 18.8 Å². The maximum absolute atomic E-state index is 5.51. The third-order valence-corrected chi connectivity index (χ3v) is 4.06. The van der Waals surface area contributed by atoms with Crippen LogP contribution in [0.5, 0.6) is 5.88 Å². The normalized spacial score (nSPS) is 22.5. The zero-order valence-electron chi connectivity index (χ0n) is 12.8. The molecule has 0 amide bonds. The van der Waals surface area contributed by atoms with Crippen molar-refractivity contribution >= 4 is 5.95 Å². The average Bonchev–Trinajstić information content (AvgIpc) is 2.48. The first-order valence-electron chi connectivity index (χ1n) is 7.97. The molecule has 0 unspecified atom stereocenters. The molecule has 2 rings (SSSR count). The Balaban J connectivity index is 1.70. The summed E-state index contributed by atoms with van der Waals surface area (Å²) in [6, 6.07) is 1.81. The third kappa shape index (κ3) is 4.99. The zero-order valence-corrected chi connectivity index (χ0v) is 12.8. The topological polar surface area (TPSA) is 47.0 Å². The smallest absolute Gasteiger partial charge is 0.225 e. The Morgan fingerprint density at radius 3 is 2.85 bits per heavy atom. The van der Waals surface area contributed by atoms with E-state index in [1.54, 1.807) is 6.20 Å². The van der Waals surface area contributed by atoms with Gasteiger partial charge >= 0.3 is 0 Å². The second-order valence-corrected chi connectivity index (χ2v) is 5.91. The van der Waals surface area contributed by atoms with Crippen molar-refractivity contribution in [3.8, 4) is 5.88 Å². The maximum Gasteiger partial charge on any atom is 0.225 e. The van der Waals surface area contributed by atoms with Crippen LogP contribution in [0.3, 0.4) is 0 Å². The minimum atomic E-state index is 0.663. The summed E-state index contributed by atoms with van der Waals surface area (Å²) in [6.45, 7) is 6.11. The van der Waals surface area contributed by atoms with Crippen molar-refractivity contribution in [2.45, 2.75) is 52.4 Å². The van der Waals surface area contributed by atoms with Crippen LogP contribution in [0.4, 0.5) is 5.95 Å². The SMILES string of the molecule is CCCOc1ccnc(NCCC2CCC(C)CC2)n1. The second-order valence-electron chi connectivity index (χ2n) is 5.91. The van der Waals surface area contributed by atoms with Gasteiger partial charge in [0.1, 0.15) is 0 Å². The van der Waals surface area contributed by atoms with Crippen LogP contribution in [0.25, 0.3) is 0 Å². The molecule has 112 valence electrons. The Morgan fingerprint density at radius 1 is 1.30 bits per heavy atom. The Bertz CT molecular complexity index is 389. The number of nitrogens with one attached hydrogen (secondary N) is 1. The van der Waals surface area contributed by atoms with Gasteiger partial charge in [0.2, 0.25) is 11.8 Å². The molecule has 4 nitrogen and oxygen atoms in total. The molecular formula is C16H27N3O. The third-order valence-electron chi connectivity index (χ3n) is 4.06. The highest BCUT2D eigenvalue weighted by Crippen LogP contribution is 2.30. The second kappa shape index (κ2) is 8.08. The highest BCUT2D eigenvalue weighted by Gasteiger charge is 2.17. The first-order valence-corrected chi connectivity index (χ1v) is 7.97. The van der Waals surface area contributed by atoms with Crippen LogP contribution in [0.15, 0.2) is 12.3 Å². The first kappa shape index (κ1) is 15.1. The van der Waals surface area contributed by atoms with Gasteiger partial charge in [-0.05, 0) is 24.7 Å². The molecule has 1 aromatic heterocycles. The van der Waals surface area contributed by atoms with E-state index in [1.165, 1.54) is 32.1 Å². The molecule has 1 N–H and O–H groups in total. The monoisotopic (exact) mass is 277 g/mol. The van der Waals surface area contributed by atoms with Crippen LogP contribution in [0, 0.1) is 11.8 Å². The molecule has 1 saturated carbocycles. The maximum atomic E-state index is 5.51. The van der Waals surface area contributed by atoms with Gasteiger partial charge in [-0.1, -0.05) is 39.5 Å². The molecule has 1 fully saturated rings. The summed E-state index contributed by atoms with van der Waals surface area (Å²) in [4.78, 5) is 8.60. The standard InChI is InChI=1S/C16H27N3O/c1-3-12-20-15-9-11-18-16(19-15)17-10-8-14-6-4-13(2)5-7-14/h9,11,13-14H,3-8,10,12H2,1-2H3,(H,17,18,19). The largest absolute Gasteiger partial charge is 0.478 e. The lowest BCUT2D eigenvalue weighted by molar-refractivity contribution is 0.281. The lowest BCUT2D eigenvalue weighted by atomic mass is 9.81. The summed E-state index contributed by atoms with van der Waals surface area (Å²) in [5, 5.41) is 3.32. The predicted molar refractivity (Wildman–Crippen MR) is 82.0 cm³/mol. The fourth-order valence-electron chi connectivity index (χ4n) is 2.72. The van der Waals surface area contributed by atoms with Gasteiger partial charge < -0.3 is 10.1 Å². The van der Waals surface area contributed by atoms with E-state index in [-0.39, 0.29) is 0 Å². The molecule has 1 aliphatic rings. The van der Waals surface area contributed by atoms with E-state index in [0.29, 0.717) is 18.4 Å². The number of nitrogens with zero attached hydrogens (tertiary/aromatic N) is 2. The van der Waals surface area contributed by atoms with Crippen LogP contribution < -0.4 is 10.1 Å². The summed E-state index contributed by atoms with van der Waals surface area (Å²) in [5.41, 5.74) is 0. The molecule has 0 aliphatic heterocycles. The van der Waals surface area contributed by atoms with E-state index < -0.39 is 0 Å². The quantitative estimate of drug-likeness (QED) is 0.821. The minimum absolute atomic E-state index is 0.663. The Morgan fingerprint density at radius 2 is 2.10 bits per heavy atom.